The van der Waals surface area contributed by atoms with Crippen molar-refractivity contribution in [2.75, 3.05) is 25.5 Å². The van der Waals surface area contributed by atoms with Gasteiger partial charge in [-0.3, -0.25) is 9.59 Å². The largest absolute Gasteiger partial charge is 0.497 e. The van der Waals surface area contributed by atoms with E-state index >= 15 is 0 Å². The van der Waals surface area contributed by atoms with Gasteiger partial charge in [0.15, 0.2) is 0 Å². The zero-order valence-electron chi connectivity index (χ0n) is 19.4. The SMILES string of the molecule is COc1ccc(S(=O)(=O)N2CCC[C@H](C(=O)Nc3ccccc3C(=O)NC(C)(C)C)C2)cc1. The minimum Gasteiger partial charge on any atom is -0.497 e. The van der Waals surface area contributed by atoms with Crippen LogP contribution in [-0.4, -0.2) is 50.3 Å². The Kier molecular flexibility index (Phi) is 7.44. The molecule has 0 saturated carbocycles. The number of nitrogens with one attached hydrogen (secondary N) is 2. The summed E-state index contributed by atoms with van der Waals surface area (Å²) in [5.41, 5.74) is 0.340. The van der Waals surface area contributed by atoms with Crippen molar-refractivity contribution in [3.8, 4) is 5.75 Å². The first-order valence-corrected chi connectivity index (χ1v) is 12.3. The number of amides is 2. The quantitative estimate of drug-likeness (QED) is 0.670. The molecule has 3 rings (SSSR count). The monoisotopic (exact) mass is 473 g/mol. The first-order valence-electron chi connectivity index (χ1n) is 10.9. The molecule has 1 aliphatic heterocycles. The normalized spacial score (nSPS) is 17.3. The summed E-state index contributed by atoms with van der Waals surface area (Å²) in [6.07, 6.45) is 1.14. The van der Waals surface area contributed by atoms with E-state index < -0.39 is 21.5 Å². The van der Waals surface area contributed by atoms with E-state index in [9.17, 15) is 18.0 Å². The van der Waals surface area contributed by atoms with Crippen LogP contribution in [0.15, 0.2) is 53.4 Å². The van der Waals surface area contributed by atoms with Gasteiger partial charge in [0.25, 0.3) is 5.91 Å². The molecule has 8 nitrogen and oxygen atoms in total. The Morgan fingerprint density at radius 1 is 1.06 bits per heavy atom. The first kappa shape index (κ1) is 24.7. The summed E-state index contributed by atoms with van der Waals surface area (Å²) < 4.78 is 32.6. The van der Waals surface area contributed by atoms with Crippen molar-refractivity contribution < 1.29 is 22.7 Å². The molecule has 0 radical (unpaired) electrons. The Morgan fingerprint density at radius 2 is 1.73 bits per heavy atom. The lowest BCUT2D eigenvalue weighted by molar-refractivity contribution is -0.120. The number of nitrogens with zero attached hydrogens (tertiary/aromatic N) is 1. The van der Waals surface area contributed by atoms with Gasteiger partial charge in [-0.1, -0.05) is 12.1 Å². The van der Waals surface area contributed by atoms with Crippen molar-refractivity contribution in [1.82, 2.24) is 9.62 Å². The summed E-state index contributed by atoms with van der Waals surface area (Å²) in [6.45, 7) is 6.07. The van der Waals surface area contributed by atoms with Crippen molar-refractivity contribution in [2.24, 2.45) is 5.92 Å². The molecule has 1 fully saturated rings. The molecule has 0 spiro atoms. The van der Waals surface area contributed by atoms with Crippen molar-refractivity contribution in [3.05, 3.63) is 54.1 Å². The smallest absolute Gasteiger partial charge is 0.253 e. The Morgan fingerprint density at radius 3 is 2.36 bits per heavy atom. The maximum atomic E-state index is 13.1. The number of benzene rings is 2. The number of methoxy groups -OCH3 is 1. The molecule has 1 aliphatic rings. The van der Waals surface area contributed by atoms with Crippen molar-refractivity contribution in [2.45, 2.75) is 44.0 Å². The average Bonchev–Trinajstić information content (AvgIpc) is 2.78. The van der Waals surface area contributed by atoms with Gasteiger partial charge in [-0.25, -0.2) is 8.42 Å². The van der Waals surface area contributed by atoms with E-state index in [-0.39, 0.29) is 23.3 Å². The van der Waals surface area contributed by atoms with Crippen LogP contribution in [0.4, 0.5) is 5.69 Å². The average molecular weight is 474 g/mol. The molecule has 2 N–H and O–H groups in total. The highest BCUT2D eigenvalue weighted by molar-refractivity contribution is 7.89. The van der Waals surface area contributed by atoms with Crippen LogP contribution in [0.3, 0.4) is 0 Å². The number of carbonyl (C=O) groups is 2. The molecule has 0 bridgehead atoms. The van der Waals surface area contributed by atoms with Crippen LogP contribution in [-0.2, 0) is 14.8 Å². The molecule has 2 aromatic carbocycles. The van der Waals surface area contributed by atoms with E-state index in [1.165, 1.54) is 23.5 Å². The third kappa shape index (κ3) is 6.11. The third-order valence-electron chi connectivity index (χ3n) is 5.37. The number of hydrogen-bond acceptors (Lipinski definition) is 5. The van der Waals surface area contributed by atoms with Gasteiger partial charge in [-0.15, -0.1) is 0 Å². The van der Waals surface area contributed by atoms with Gasteiger partial charge >= 0.3 is 0 Å². The standard InChI is InChI=1S/C24H31N3O5S/c1-24(2,3)26-23(29)20-9-5-6-10-21(20)25-22(28)17-8-7-15-27(16-17)33(30,31)19-13-11-18(32-4)12-14-19/h5-6,9-14,17H,7-8,15-16H2,1-4H3,(H,25,28)(H,26,29)/t17-/m0/s1. The summed E-state index contributed by atoms with van der Waals surface area (Å²) in [7, 11) is -2.22. The molecule has 0 unspecified atom stereocenters. The van der Waals surface area contributed by atoms with Crippen molar-refractivity contribution >= 4 is 27.5 Å². The van der Waals surface area contributed by atoms with Crippen LogP contribution in [0.2, 0.25) is 0 Å². The maximum absolute atomic E-state index is 13.1. The van der Waals surface area contributed by atoms with Crippen LogP contribution < -0.4 is 15.4 Å². The fraction of sp³-hybridized carbons (Fsp3) is 0.417. The lowest BCUT2D eigenvalue weighted by Gasteiger charge is -2.31. The molecule has 33 heavy (non-hydrogen) atoms. The van der Waals surface area contributed by atoms with Gasteiger partial charge in [-0.2, -0.15) is 4.31 Å². The number of hydrogen-bond donors (Lipinski definition) is 2. The van der Waals surface area contributed by atoms with Gasteiger partial charge in [0.05, 0.1) is 29.2 Å². The highest BCUT2D eigenvalue weighted by Gasteiger charge is 2.33. The summed E-state index contributed by atoms with van der Waals surface area (Å²) in [5.74, 6) is -0.545. The third-order valence-corrected chi connectivity index (χ3v) is 7.25. The molecule has 0 aromatic heterocycles. The Balaban J connectivity index is 1.73. The van der Waals surface area contributed by atoms with Crippen molar-refractivity contribution in [3.63, 3.8) is 0 Å². The summed E-state index contributed by atoms with van der Waals surface area (Å²) in [6, 6.07) is 13.0. The number of piperidine rings is 1. The number of rotatable bonds is 6. The van der Waals surface area contributed by atoms with Crippen molar-refractivity contribution in [1.29, 1.82) is 0 Å². The molecule has 9 heteroatoms. The molecule has 1 atom stereocenters. The van der Waals surface area contributed by atoms with Crippen LogP contribution in [0.5, 0.6) is 5.75 Å². The van der Waals surface area contributed by atoms with Crippen LogP contribution in [0.1, 0.15) is 44.0 Å². The zero-order valence-corrected chi connectivity index (χ0v) is 20.2. The predicted octanol–water partition coefficient (Wildman–Crippen LogP) is 3.26. The van der Waals surface area contributed by atoms with Crippen LogP contribution in [0.25, 0.3) is 0 Å². The number of carbonyl (C=O) groups excluding carboxylic acids is 2. The Labute approximate surface area is 195 Å². The van der Waals surface area contributed by atoms with Gasteiger partial charge in [0, 0.05) is 18.6 Å². The molecule has 0 aliphatic carbocycles. The minimum atomic E-state index is -3.73. The van der Waals surface area contributed by atoms with E-state index in [0.29, 0.717) is 36.4 Å². The van der Waals surface area contributed by atoms with E-state index in [1.807, 2.05) is 20.8 Å². The number of ether oxygens (including phenoxy) is 1. The minimum absolute atomic E-state index is 0.0799. The fourth-order valence-corrected chi connectivity index (χ4v) is 5.23. The molecule has 1 heterocycles. The fourth-order valence-electron chi connectivity index (χ4n) is 3.70. The Hall–Kier alpha value is -2.91. The highest BCUT2D eigenvalue weighted by Crippen LogP contribution is 2.26. The lowest BCUT2D eigenvalue weighted by atomic mass is 9.98. The zero-order chi connectivity index (χ0) is 24.2. The van der Waals surface area contributed by atoms with Gasteiger partial charge in [0.2, 0.25) is 15.9 Å². The van der Waals surface area contributed by atoms with Gasteiger partial charge < -0.3 is 15.4 Å². The lowest BCUT2D eigenvalue weighted by Crippen LogP contribution is -2.44. The van der Waals surface area contributed by atoms with E-state index in [2.05, 4.69) is 10.6 Å². The number of anilines is 1. The second kappa shape index (κ2) is 9.93. The topological polar surface area (TPSA) is 105 Å². The highest BCUT2D eigenvalue weighted by atomic mass is 32.2. The predicted molar refractivity (Wildman–Crippen MR) is 127 cm³/mol. The second-order valence-electron chi connectivity index (χ2n) is 9.12. The summed E-state index contributed by atoms with van der Waals surface area (Å²) in [4.78, 5) is 25.9. The second-order valence-corrected chi connectivity index (χ2v) is 11.1. The van der Waals surface area contributed by atoms with E-state index in [0.717, 1.165) is 0 Å². The van der Waals surface area contributed by atoms with E-state index in [1.54, 1.807) is 36.4 Å². The molecule has 1 saturated heterocycles. The van der Waals surface area contributed by atoms with Crippen LogP contribution in [0, 0.1) is 5.92 Å². The van der Waals surface area contributed by atoms with Gasteiger partial charge in [0.1, 0.15) is 5.75 Å². The van der Waals surface area contributed by atoms with Crippen LogP contribution >= 0.6 is 0 Å². The summed E-state index contributed by atoms with van der Waals surface area (Å²) in [5, 5.41) is 5.73. The number of para-hydroxylation sites is 1. The molecule has 178 valence electrons. The van der Waals surface area contributed by atoms with E-state index in [4.69, 9.17) is 4.74 Å². The maximum Gasteiger partial charge on any atom is 0.253 e. The Bertz CT molecular complexity index is 1110. The summed E-state index contributed by atoms with van der Waals surface area (Å²) >= 11 is 0. The molecule has 2 aromatic rings. The molecular weight excluding hydrogens is 442 g/mol. The number of sulfonamides is 1. The molecular formula is C24H31N3O5S. The molecule has 2 amide bonds. The first-order chi connectivity index (χ1) is 15.5. The van der Waals surface area contributed by atoms with Gasteiger partial charge in [-0.05, 0) is 70.0 Å².